The van der Waals surface area contributed by atoms with Gasteiger partial charge in [-0.15, -0.1) is 0 Å². The van der Waals surface area contributed by atoms with E-state index in [2.05, 4.69) is 10.6 Å². The summed E-state index contributed by atoms with van der Waals surface area (Å²) in [5, 5.41) is 15.4. The number of hydrogen-bond donors (Lipinski definition) is 3. The van der Waals surface area contributed by atoms with Crippen LogP contribution < -0.4 is 10.6 Å². The molecule has 22 heavy (non-hydrogen) atoms. The number of nitrogens with one attached hydrogen (secondary N) is 2. The zero-order valence-electron chi connectivity index (χ0n) is 12.0. The summed E-state index contributed by atoms with van der Waals surface area (Å²) >= 11 is 0. The second-order valence-electron chi connectivity index (χ2n) is 5.67. The molecule has 1 unspecified atom stereocenters. The van der Waals surface area contributed by atoms with Crippen LogP contribution in [0.1, 0.15) is 17.5 Å². The van der Waals surface area contributed by atoms with Gasteiger partial charge in [-0.05, 0) is 24.0 Å². The number of nitrogens with zero attached hydrogens (tertiary/aromatic N) is 1. The molecule has 0 aromatic heterocycles. The lowest BCUT2D eigenvalue weighted by molar-refractivity contribution is -0.123. The first-order chi connectivity index (χ1) is 10.5. The van der Waals surface area contributed by atoms with Gasteiger partial charge in [0.25, 0.3) is 0 Å². The number of imide groups is 1. The van der Waals surface area contributed by atoms with Gasteiger partial charge in [-0.2, -0.15) is 0 Å². The van der Waals surface area contributed by atoms with E-state index < -0.39 is 23.4 Å². The third-order valence-corrected chi connectivity index (χ3v) is 4.11. The number of fused-ring (bicyclic) bond motifs is 1. The molecule has 116 valence electrons. The van der Waals surface area contributed by atoms with Crippen molar-refractivity contribution >= 4 is 17.8 Å². The van der Waals surface area contributed by atoms with Gasteiger partial charge >= 0.3 is 6.03 Å². The van der Waals surface area contributed by atoms with E-state index in [9.17, 15) is 19.5 Å². The van der Waals surface area contributed by atoms with Gasteiger partial charge in [0.2, 0.25) is 11.8 Å². The zero-order valence-corrected chi connectivity index (χ0v) is 12.0. The van der Waals surface area contributed by atoms with Crippen molar-refractivity contribution in [2.45, 2.75) is 18.4 Å². The Labute approximate surface area is 127 Å². The smallest absolute Gasteiger partial charge is 0.325 e. The molecule has 3 N–H and O–H groups in total. The second-order valence-corrected chi connectivity index (χ2v) is 5.67. The maximum atomic E-state index is 11.9. The van der Waals surface area contributed by atoms with Gasteiger partial charge in [0, 0.05) is 0 Å². The van der Waals surface area contributed by atoms with Gasteiger partial charge in [-0.3, -0.25) is 14.9 Å². The van der Waals surface area contributed by atoms with Crippen molar-refractivity contribution < 1.29 is 19.5 Å². The molecule has 1 fully saturated rings. The fourth-order valence-electron chi connectivity index (χ4n) is 2.94. The molecule has 0 radical (unpaired) electrons. The molecule has 1 heterocycles. The summed E-state index contributed by atoms with van der Waals surface area (Å²) in [7, 11) is 0. The molecule has 1 saturated heterocycles. The quantitative estimate of drug-likeness (QED) is 0.652. The lowest BCUT2D eigenvalue weighted by Crippen LogP contribution is -2.44. The van der Waals surface area contributed by atoms with E-state index in [1.807, 2.05) is 24.3 Å². The Morgan fingerprint density at radius 2 is 2.14 bits per heavy atom. The summed E-state index contributed by atoms with van der Waals surface area (Å²) in [6.07, 6.45) is 1.32. The molecule has 0 saturated carbocycles. The van der Waals surface area contributed by atoms with E-state index in [4.69, 9.17) is 0 Å². The van der Waals surface area contributed by atoms with E-state index in [0.29, 0.717) is 6.42 Å². The highest BCUT2D eigenvalue weighted by Crippen LogP contribution is 2.36. The van der Waals surface area contributed by atoms with Crippen LogP contribution in [0.3, 0.4) is 0 Å². The van der Waals surface area contributed by atoms with Gasteiger partial charge in [-0.1, -0.05) is 24.3 Å². The number of aliphatic hydroxyl groups is 1. The predicted molar refractivity (Wildman–Crippen MR) is 76.8 cm³/mol. The Morgan fingerprint density at radius 3 is 2.86 bits per heavy atom. The number of urea groups is 1. The summed E-state index contributed by atoms with van der Waals surface area (Å²) < 4.78 is 0. The first-order valence-corrected chi connectivity index (χ1v) is 7.14. The molecule has 7 heteroatoms. The summed E-state index contributed by atoms with van der Waals surface area (Å²) in [4.78, 5) is 35.5. The van der Waals surface area contributed by atoms with Crippen LogP contribution in [0.25, 0.3) is 0 Å². The van der Waals surface area contributed by atoms with Crippen molar-refractivity contribution in [2.24, 2.45) is 0 Å². The molecule has 4 amide bonds. The number of aryl methyl sites for hydroxylation is 1. The molecule has 3 rings (SSSR count). The SMILES string of the molecule is O=C(CN1CC(=O)NC1=O)NCC1(O)CCc2ccccc21. The van der Waals surface area contributed by atoms with E-state index in [0.717, 1.165) is 22.4 Å². The Morgan fingerprint density at radius 1 is 1.36 bits per heavy atom. The standard InChI is InChI=1S/C15H17N3O4/c19-12(7-18-8-13(20)17-14(18)21)16-9-15(22)6-5-10-3-1-2-4-11(10)15/h1-4,22H,5-9H2,(H,16,19)(H,17,20,21). The number of benzene rings is 1. The maximum Gasteiger partial charge on any atom is 0.325 e. The van der Waals surface area contributed by atoms with Gasteiger partial charge < -0.3 is 15.3 Å². The highest BCUT2D eigenvalue weighted by atomic mass is 16.3. The van der Waals surface area contributed by atoms with Crippen LogP contribution in [0.2, 0.25) is 0 Å². The normalized spacial score (nSPS) is 23.4. The zero-order chi connectivity index (χ0) is 15.7. The Bertz CT molecular complexity index is 645. The van der Waals surface area contributed by atoms with E-state index >= 15 is 0 Å². The average Bonchev–Trinajstić information content (AvgIpc) is 2.99. The molecule has 0 spiro atoms. The van der Waals surface area contributed by atoms with Crippen LogP contribution in [0, 0.1) is 0 Å². The highest BCUT2D eigenvalue weighted by Gasteiger charge is 2.37. The third kappa shape index (κ3) is 2.67. The molecule has 0 bridgehead atoms. The minimum atomic E-state index is -1.07. The minimum Gasteiger partial charge on any atom is -0.383 e. The van der Waals surface area contributed by atoms with Crippen LogP contribution in [0.4, 0.5) is 4.79 Å². The van der Waals surface area contributed by atoms with Crippen molar-refractivity contribution in [1.29, 1.82) is 0 Å². The molecule has 1 aliphatic carbocycles. The minimum absolute atomic E-state index is 0.0895. The van der Waals surface area contributed by atoms with Crippen molar-refractivity contribution in [3.05, 3.63) is 35.4 Å². The summed E-state index contributed by atoms with van der Waals surface area (Å²) in [6.45, 7) is -0.221. The molecule has 1 aliphatic heterocycles. The number of hydrogen-bond acceptors (Lipinski definition) is 4. The van der Waals surface area contributed by atoms with Gasteiger partial charge in [0.15, 0.2) is 0 Å². The molecule has 1 aromatic rings. The van der Waals surface area contributed by atoms with Crippen molar-refractivity contribution in [3.8, 4) is 0 Å². The van der Waals surface area contributed by atoms with Crippen LogP contribution >= 0.6 is 0 Å². The first-order valence-electron chi connectivity index (χ1n) is 7.14. The lowest BCUT2D eigenvalue weighted by Gasteiger charge is -2.25. The van der Waals surface area contributed by atoms with Crippen molar-refractivity contribution in [2.75, 3.05) is 19.6 Å². The van der Waals surface area contributed by atoms with Gasteiger partial charge in [-0.25, -0.2) is 4.79 Å². The highest BCUT2D eigenvalue weighted by molar-refractivity contribution is 6.03. The second kappa shape index (κ2) is 5.42. The average molecular weight is 303 g/mol. The van der Waals surface area contributed by atoms with Gasteiger partial charge in [0.1, 0.15) is 18.7 Å². The van der Waals surface area contributed by atoms with Crippen LogP contribution in [-0.4, -0.2) is 47.5 Å². The number of carbonyl (C=O) groups is 3. The summed E-state index contributed by atoms with van der Waals surface area (Å²) in [5.41, 5.74) is 0.850. The monoisotopic (exact) mass is 303 g/mol. The summed E-state index contributed by atoms with van der Waals surface area (Å²) in [5.74, 6) is -0.816. The van der Waals surface area contributed by atoms with E-state index in [1.165, 1.54) is 0 Å². The van der Waals surface area contributed by atoms with Crippen molar-refractivity contribution in [1.82, 2.24) is 15.5 Å². The first kappa shape index (κ1) is 14.5. The molecule has 2 aliphatic rings. The Balaban J connectivity index is 1.58. The summed E-state index contributed by atoms with van der Waals surface area (Å²) in [6, 6.07) is 7.05. The van der Waals surface area contributed by atoms with Crippen LogP contribution in [-0.2, 0) is 21.6 Å². The largest absolute Gasteiger partial charge is 0.383 e. The number of carbonyl (C=O) groups excluding carboxylic acids is 3. The van der Waals surface area contributed by atoms with Crippen LogP contribution in [0.15, 0.2) is 24.3 Å². The molecular weight excluding hydrogens is 286 g/mol. The fraction of sp³-hybridized carbons (Fsp3) is 0.400. The predicted octanol–water partition coefficient (Wildman–Crippen LogP) is -0.512. The topological polar surface area (TPSA) is 98.7 Å². The molecule has 1 atom stereocenters. The van der Waals surface area contributed by atoms with Gasteiger partial charge in [0.05, 0.1) is 6.54 Å². The maximum absolute atomic E-state index is 11.9. The Hall–Kier alpha value is -2.41. The molecule has 1 aromatic carbocycles. The Kier molecular flexibility index (Phi) is 3.58. The van der Waals surface area contributed by atoms with E-state index in [-0.39, 0.29) is 19.6 Å². The molecular formula is C15H17N3O4. The van der Waals surface area contributed by atoms with Crippen LogP contribution in [0.5, 0.6) is 0 Å². The fourth-order valence-corrected chi connectivity index (χ4v) is 2.94. The van der Waals surface area contributed by atoms with E-state index in [1.54, 1.807) is 0 Å². The van der Waals surface area contributed by atoms with Crippen molar-refractivity contribution in [3.63, 3.8) is 0 Å². The lowest BCUT2D eigenvalue weighted by atomic mass is 9.96. The molecule has 7 nitrogen and oxygen atoms in total. The third-order valence-electron chi connectivity index (χ3n) is 4.11. The number of amides is 4. The number of rotatable bonds is 4.